The van der Waals surface area contributed by atoms with E-state index in [2.05, 4.69) is 21.9 Å². The number of nitrogens with zero attached hydrogens (tertiary/aromatic N) is 2. The van der Waals surface area contributed by atoms with Crippen LogP contribution < -0.4 is 14.8 Å². The second-order valence-electron chi connectivity index (χ2n) is 12.4. The number of benzene rings is 2. The van der Waals surface area contributed by atoms with Crippen LogP contribution in [0.15, 0.2) is 48.5 Å². The summed E-state index contributed by atoms with van der Waals surface area (Å²) in [5, 5.41) is 14.2. The number of hydrogen-bond acceptors (Lipinski definition) is 6. The van der Waals surface area contributed by atoms with Gasteiger partial charge in [0.25, 0.3) is 0 Å². The summed E-state index contributed by atoms with van der Waals surface area (Å²) in [5.74, 6) is 0.453. The molecule has 0 unspecified atom stereocenters. The third-order valence-electron chi connectivity index (χ3n) is 9.22. The van der Waals surface area contributed by atoms with E-state index in [4.69, 9.17) is 4.74 Å². The van der Waals surface area contributed by atoms with Crippen molar-refractivity contribution in [3.63, 3.8) is 0 Å². The van der Waals surface area contributed by atoms with E-state index in [1.165, 1.54) is 24.3 Å². The molecule has 45 heavy (non-hydrogen) atoms. The molecule has 1 aliphatic carbocycles. The third kappa shape index (κ3) is 8.62. The van der Waals surface area contributed by atoms with Crippen LogP contribution in [0.5, 0.6) is 17.2 Å². The number of carbonyl (C=O) groups excluding carboxylic acids is 2. The van der Waals surface area contributed by atoms with Crippen LogP contribution in [0, 0.1) is 0 Å². The lowest BCUT2D eigenvalue weighted by molar-refractivity contribution is -0.274. The zero-order valence-corrected chi connectivity index (χ0v) is 26.4. The van der Waals surface area contributed by atoms with Gasteiger partial charge in [0.2, 0.25) is 11.8 Å². The fraction of sp³-hybridized carbons (Fsp3) is 0.576. The topological polar surface area (TPSA) is 91.3 Å². The highest BCUT2D eigenvalue weighted by Crippen LogP contribution is 2.38. The van der Waals surface area contributed by atoms with Crippen molar-refractivity contribution in [2.75, 3.05) is 19.6 Å². The molecule has 3 fully saturated rings. The van der Waals surface area contributed by atoms with Crippen molar-refractivity contribution >= 4 is 24.2 Å². The van der Waals surface area contributed by atoms with Crippen molar-refractivity contribution in [1.29, 1.82) is 0 Å². The summed E-state index contributed by atoms with van der Waals surface area (Å²) in [6, 6.07) is 12.0. The first-order valence-corrected chi connectivity index (χ1v) is 15.7. The Morgan fingerprint density at radius 1 is 0.911 bits per heavy atom. The minimum absolute atomic E-state index is 0. The van der Waals surface area contributed by atoms with E-state index in [-0.39, 0.29) is 36.4 Å². The molecule has 2 heterocycles. The van der Waals surface area contributed by atoms with Gasteiger partial charge in [-0.1, -0.05) is 44.7 Å². The average Bonchev–Trinajstić information content (AvgIpc) is 2.98. The van der Waals surface area contributed by atoms with Gasteiger partial charge in [0.15, 0.2) is 0 Å². The summed E-state index contributed by atoms with van der Waals surface area (Å²) in [5.41, 5.74) is -0.713. The van der Waals surface area contributed by atoms with E-state index in [1.54, 1.807) is 12.1 Å². The minimum atomic E-state index is -4.75. The maximum absolute atomic E-state index is 13.8. The first-order chi connectivity index (χ1) is 21.0. The number of aliphatic hydroxyl groups is 1. The largest absolute Gasteiger partial charge is 0.573 e. The molecule has 12 heteroatoms. The van der Waals surface area contributed by atoms with Crippen LogP contribution >= 0.6 is 12.4 Å². The highest BCUT2D eigenvalue weighted by atomic mass is 35.5. The highest BCUT2D eigenvalue weighted by Gasteiger charge is 2.54. The first-order valence-electron chi connectivity index (χ1n) is 15.7. The number of amides is 2. The maximum atomic E-state index is 13.8. The molecular weight excluding hydrogens is 611 g/mol. The summed E-state index contributed by atoms with van der Waals surface area (Å²) in [6.45, 7) is 4.59. The molecule has 2 aliphatic heterocycles. The molecule has 2 aromatic rings. The van der Waals surface area contributed by atoms with Gasteiger partial charge in [0.05, 0.1) is 5.60 Å². The highest BCUT2D eigenvalue weighted by molar-refractivity contribution is 6.00. The molecule has 3 aliphatic rings. The van der Waals surface area contributed by atoms with Crippen LogP contribution in [0.2, 0.25) is 0 Å². The van der Waals surface area contributed by atoms with Crippen LogP contribution in [-0.4, -0.2) is 69.9 Å². The second-order valence-corrected chi connectivity index (χ2v) is 12.4. The standard InChI is InChI=1S/C33H42F3N3O5.ClH/c1-2-3-19-39-29(40)28(22-31(42)15-5-4-6-16-31)37-30(41)32(39)17-20-38(21-18-32)23-24-7-9-25(10-8-24)43-26-11-13-27(14-12-26)44-33(34,35)36;/h7-14,28,42H,2-6,15-23H2,1H3,(H,37,41);1H/t28-;/m1./s1. The van der Waals surface area contributed by atoms with Gasteiger partial charge in [0, 0.05) is 32.6 Å². The van der Waals surface area contributed by atoms with Crippen molar-refractivity contribution in [1.82, 2.24) is 15.1 Å². The molecular formula is C33H43ClF3N3O5. The number of likely N-dealkylation sites (tertiary alicyclic amines) is 1. The molecule has 2 saturated heterocycles. The van der Waals surface area contributed by atoms with Crippen LogP contribution in [-0.2, 0) is 16.1 Å². The van der Waals surface area contributed by atoms with E-state index < -0.39 is 23.5 Å². The lowest BCUT2D eigenvalue weighted by Crippen LogP contribution is -2.73. The smallest absolute Gasteiger partial charge is 0.457 e. The quantitative estimate of drug-likeness (QED) is 0.311. The zero-order chi connectivity index (χ0) is 31.4. The Hall–Kier alpha value is -3.02. The number of alkyl halides is 3. The molecule has 1 saturated carbocycles. The Morgan fingerprint density at radius 2 is 1.49 bits per heavy atom. The number of ether oxygens (including phenoxy) is 2. The molecule has 2 aromatic carbocycles. The van der Waals surface area contributed by atoms with Crippen molar-refractivity contribution in [3.05, 3.63) is 54.1 Å². The van der Waals surface area contributed by atoms with Gasteiger partial charge in [-0.25, -0.2) is 0 Å². The van der Waals surface area contributed by atoms with Gasteiger partial charge < -0.3 is 24.8 Å². The predicted octanol–water partition coefficient (Wildman–Crippen LogP) is 6.35. The first kappa shape index (κ1) is 34.8. The molecule has 1 atom stereocenters. The lowest BCUT2D eigenvalue weighted by atomic mass is 9.77. The van der Waals surface area contributed by atoms with Crippen LogP contribution in [0.3, 0.4) is 0 Å². The summed E-state index contributed by atoms with van der Waals surface area (Å²) in [6.07, 6.45) is 2.67. The number of nitrogens with one attached hydrogen (secondary N) is 1. The molecule has 0 radical (unpaired) electrons. The van der Waals surface area contributed by atoms with Crippen molar-refractivity contribution in [2.24, 2.45) is 0 Å². The predicted molar refractivity (Wildman–Crippen MR) is 165 cm³/mol. The van der Waals surface area contributed by atoms with E-state index >= 15 is 0 Å². The van der Waals surface area contributed by atoms with E-state index in [0.717, 1.165) is 37.7 Å². The zero-order valence-electron chi connectivity index (χ0n) is 25.6. The number of rotatable bonds is 10. The Labute approximate surface area is 268 Å². The molecule has 5 rings (SSSR count). The van der Waals surface area contributed by atoms with Gasteiger partial charge in [0.1, 0.15) is 28.8 Å². The summed E-state index contributed by atoms with van der Waals surface area (Å²) in [7, 11) is 0. The molecule has 1 spiro atoms. The molecule has 2 N–H and O–H groups in total. The van der Waals surface area contributed by atoms with Gasteiger partial charge in [-0.3, -0.25) is 14.5 Å². The molecule has 0 aromatic heterocycles. The monoisotopic (exact) mass is 653 g/mol. The number of hydrogen-bond donors (Lipinski definition) is 2. The molecule has 8 nitrogen and oxygen atoms in total. The lowest BCUT2D eigenvalue weighted by Gasteiger charge is -2.52. The summed E-state index contributed by atoms with van der Waals surface area (Å²) < 4.78 is 46.8. The number of piperazine rings is 1. The Kier molecular flexibility index (Phi) is 11.3. The van der Waals surface area contributed by atoms with Crippen LogP contribution in [0.25, 0.3) is 0 Å². The van der Waals surface area contributed by atoms with E-state index in [9.17, 15) is 27.9 Å². The minimum Gasteiger partial charge on any atom is -0.457 e. The number of piperidine rings is 1. The average molecular weight is 654 g/mol. The van der Waals surface area contributed by atoms with Crippen molar-refractivity contribution in [3.8, 4) is 17.2 Å². The number of carbonyl (C=O) groups is 2. The van der Waals surface area contributed by atoms with Gasteiger partial charge in [-0.2, -0.15) is 0 Å². The van der Waals surface area contributed by atoms with Gasteiger partial charge in [-0.05, 0) is 74.1 Å². The fourth-order valence-electron chi connectivity index (χ4n) is 6.79. The van der Waals surface area contributed by atoms with E-state index in [0.29, 0.717) is 63.4 Å². The summed E-state index contributed by atoms with van der Waals surface area (Å²) in [4.78, 5) is 31.6. The Bertz CT molecular complexity index is 1280. The van der Waals surface area contributed by atoms with Gasteiger partial charge >= 0.3 is 6.36 Å². The third-order valence-corrected chi connectivity index (χ3v) is 9.22. The fourth-order valence-corrected chi connectivity index (χ4v) is 6.79. The van der Waals surface area contributed by atoms with Crippen molar-refractivity contribution < 1.29 is 37.3 Å². The normalized spacial score (nSPS) is 21.6. The van der Waals surface area contributed by atoms with E-state index in [1.807, 2.05) is 17.0 Å². The van der Waals surface area contributed by atoms with Crippen molar-refractivity contribution in [2.45, 2.75) is 101 Å². The van der Waals surface area contributed by atoms with Crippen LogP contribution in [0.1, 0.15) is 76.7 Å². The maximum Gasteiger partial charge on any atom is 0.573 e. The SMILES string of the molecule is CCCCN1C(=O)[C@@H](CC2(O)CCCCC2)NC(=O)C12CCN(Cc1ccc(Oc3ccc(OC(F)(F)F)cc3)cc1)CC2.Cl. The van der Waals surface area contributed by atoms with Crippen LogP contribution in [0.4, 0.5) is 13.2 Å². The number of halogens is 4. The number of unbranched alkanes of at least 4 members (excludes halogenated alkanes) is 1. The molecule has 2 amide bonds. The van der Waals surface area contributed by atoms with Gasteiger partial charge in [-0.15, -0.1) is 25.6 Å². The second kappa shape index (κ2) is 14.6. The Balaban J connectivity index is 0.00000461. The molecule has 0 bridgehead atoms. The molecule has 248 valence electrons. The summed E-state index contributed by atoms with van der Waals surface area (Å²) >= 11 is 0. The Morgan fingerprint density at radius 3 is 2.07 bits per heavy atom.